The molecule has 1 aromatic heterocycles. The predicted molar refractivity (Wildman–Crippen MR) is 95.1 cm³/mol. The van der Waals surface area contributed by atoms with Gasteiger partial charge in [0.1, 0.15) is 5.75 Å². The molecule has 4 heterocycles. The second-order valence-electron chi connectivity index (χ2n) is 7.24. The Bertz CT molecular complexity index is 733. The molecule has 1 N–H and O–H groups in total. The van der Waals surface area contributed by atoms with Crippen LogP contribution in [0.25, 0.3) is 10.9 Å². The van der Waals surface area contributed by atoms with Gasteiger partial charge in [-0.1, -0.05) is 13.3 Å². The molecule has 0 saturated carbocycles. The molecule has 4 heteroatoms. The maximum Gasteiger partial charge on any atom is 0.119 e. The molecule has 1 aromatic carbocycles. The van der Waals surface area contributed by atoms with Gasteiger partial charge in [-0.2, -0.15) is 0 Å². The number of ether oxygens (including phenoxy) is 1. The van der Waals surface area contributed by atoms with Crippen LogP contribution in [0.4, 0.5) is 0 Å². The molecule has 0 aliphatic carbocycles. The third-order valence-electron chi connectivity index (χ3n) is 6.13. The molecule has 4 nitrogen and oxygen atoms in total. The zero-order valence-electron chi connectivity index (χ0n) is 14.5. The van der Waals surface area contributed by atoms with Gasteiger partial charge in [-0.15, -0.1) is 0 Å². The van der Waals surface area contributed by atoms with E-state index in [2.05, 4.69) is 16.8 Å². The Morgan fingerprint density at radius 3 is 2.96 bits per heavy atom. The molecule has 0 radical (unpaired) electrons. The van der Waals surface area contributed by atoms with Gasteiger partial charge >= 0.3 is 0 Å². The topological polar surface area (TPSA) is 45.6 Å². The van der Waals surface area contributed by atoms with E-state index in [9.17, 15) is 5.11 Å². The van der Waals surface area contributed by atoms with Gasteiger partial charge in [0.15, 0.2) is 0 Å². The van der Waals surface area contributed by atoms with Crippen molar-refractivity contribution in [3.05, 3.63) is 36.0 Å². The number of benzene rings is 1. The van der Waals surface area contributed by atoms with Crippen LogP contribution in [0.2, 0.25) is 0 Å². The van der Waals surface area contributed by atoms with Gasteiger partial charge < -0.3 is 9.84 Å². The first-order valence-electron chi connectivity index (χ1n) is 9.06. The Hall–Kier alpha value is -1.65. The Labute approximate surface area is 143 Å². The number of aliphatic hydroxyl groups is 1. The van der Waals surface area contributed by atoms with Gasteiger partial charge in [-0.3, -0.25) is 9.88 Å². The molecule has 5 rings (SSSR count). The zero-order valence-corrected chi connectivity index (χ0v) is 14.5. The number of aromatic nitrogens is 1. The third kappa shape index (κ3) is 2.58. The van der Waals surface area contributed by atoms with Crippen LogP contribution in [0.15, 0.2) is 30.5 Å². The second-order valence-corrected chi connectivity index (χ2v) is 7.24. The highest BCUT2D eigenvalue weighted by Crippen LogP contribution is 2.42. The van der Waals surface area contributed by atoms with E-state index in [4.69, 9.17) is 4.74 Å². The molecule has 24 heavy (non-hydrogen) atoms. The van der Waals surface area contributed by atoms with Gasteiger partial charge in [0.25, 0.3) is 0 Å². The molecule has 2 bridgehead atoms. The number of hydrogen-bond acceptors (Lipinski definition) is 4. The number of nitrogens with zero attached hydrogens (tertiary/aromatic N) is 2. The number of piperidine rings is 3. The van der Waals surface area contributed by atoms with Gasteiger partial charge in [0, 0.05) is 24.2 Å². The summed E-state index contributed by atoms with van der Waals surface area (Å²) < 4.78 is 5.36. The fourth-order valence-corrected chi connectivity index (χ4v) is 4.71. The molecular weight excluding hydrogens is 300 g/mol. The maximum atomic E-state index is 11.2. The Morgan fingerprint density at radius 1 is 1.38 bits per heavy atom. The highest BCUT2D eigenvalue weighted by atomic mass is 16.5. The third-order valence-corrected chi connectivity index (χ3v) is 6.13. The fourth-order valence-electron chi connectivity index (χ4n) is 4.71. The summed E-state index contributed by atoms with van der Waals surface area (Å²) >= 11 is 0. The fraction of sp³-hybridized carbons (Fsp3) is 0.550. The lowest BCUT2D eigenvalue weighted by Gasteiger charge is -2.51. The molecule has 3 aliphatic rings. The molecule has 3 fully saturated rings. The average molecular weight is 326 g/mol. The van der Waals surface area contributed by atoms with Crippen LogP contribution in [0.5, 0.6) is 5.75 Å². The van der Waals surface area contributed by atoms with E-state index in [1.54, 1.807) is 13.3 Å². The second kappa shape index (κ2) is 6.34. The van der Waals surface area contributed by atoms with Crippen molar-refractivity contribution in [1.29, 1.82) is 0 Å². The first-order valence-corrected chi connectivity index (χ1v) is 9.06. The summed E-state index contributed by atoms with van der Waals surface area (Å²) in [6.07, 6.45) is 4.97. The number of aliphatic hydroxyl groups excluding tert-OH is 1. The largest absolute Gasteiger partial charge is 0.497 e. The van der Waals surface area contributed by atoms with Crippen LogP contribution in [-0.2, 0) is 0 Å². The zero-order chi connectivity index (χ0) is 16.7. The molecule has 0 spiro atoms. The molecule has 128 valence electrons. The van der Waals surface area contributed by atoms with Crippen molar-refractivity contribution in [2.75, 3.05) is 20.2 Å². The first kappa shape index (κ1) is 15.9. The lowest BCUT2D eigenvalue weighted by molar-refractivity contribution is -0.0562. The van der Waals surface area contributed by atoms with E-state index in [0.717, 1.165) is 53.6 Å². The predicted octanol–water partition coefficient (Wildman–Crippen LogP) is 3.40. The van der Waals surface area contributed by atoms with Crippen molar-refractivity contribution in [3.8, 4) is 5.75 Å². The molecule has 0 amide bonds. The number of pyridine rings is 1. The van der Waals surface area contributed by atoms with Crippen LogP contribution in [0.1, 0.15) is 37.9 Å². The van der Waals surface area contributed by atoms with Crippen molar-refractivity contribution in [3.63, 3.8) is 0 Å². The van der Waals surface area contributed by atoms with Gasteiger partial charge in [0.2, 0.25) is 0 Å². The first-order chi connectivity index (χ1) is 11.7. The Kier molecular flexibility index (Phi) is 4.19. The van der Waals surface area contributed by atoms with E-state index in [1.165, 1.54) is 12.8 Å². The van der Waals surface area contributed by atoms with Crippen LogP contribution in [-0.4, -0.2) is 41.2 Å². The highest BCUT2D eigenvalue weighted by Gasteiger charge is 2.42. The normalized spacial score (nSPS) is 30.5. The minimum absolute atomic E-state index is 0.225. The SMILES string of the molecule is CCC1CN2CC[C@@H]1C[C@@H]2[C@H](O)c1ccnc2ccc(OC)cc12. The Balaban J connectivity index is 1.68. The van der Waals surface area contributed by atoms with Crippen molar-refractivity contribution >= 4 is 10.9 Å². The van der Waals surface area contributed by atoms with E-state index in [1.807, 2.05) is 24.3 Å². The van der Waals surface area contributed by atoms with E-state index >= 15 is 0 Å². The van der Waals surface area contributed by atoms with Crippen LogP contribution in [0, 0.1) is 11.8 Å². The molecule has 5 atom stereocenters. The summed E-state index contributed by atoms with van der Waals surface area (Å²) in [5.41, 5.74) is 1.89. The minimum atomic E-state index is -0.469. The van der Waals surface area contributed by atoms with E-state index in [-0.39, 0.29) is 6.04 Å². The number of fused-ring (bicyclic) bond motifs is 4. The number of rotatable bonds is 4. The van der Waals surface area contributed by atoms with Gasteiger partial charge in [0.05, 0.1) is 18.7 Å². The number of methoxy groups -OCH3 is 1. The summed E-state index contributed by atoms with van der Waals surface area (Å²) in [7, 11) is 1.67. The van der Waals surface area contributed by atoms with Gasteiger partial charge in [-0.25, -0.2) is 0 Å². The smallest absolute Gasteiger partial charge is 0.119 e. The van der Waals surface area contributed by atoms with Crippen LogP contribution >= 0.6 is 0 Å². The van der Waals surface area contributed by atoms with Crippen molar-refractivity contribution in [2.45, 2.75) is 38.3 Å². The standard InChI is InChI=1S/C20H26N2O2/c1-3-13-12-22-9-7-14(13)10-19(22)20(23)16-6-8-21-18-5-4-15(24-2)11-17(16)18/h4-6,8,11,13-14,19-20,23H,3,7,9-10,12H2,1-2H3/t13?,14-,19-,20-/m1/s1. The summed E-state index contributed by atoms with van der Waals surface area (Å²) in [6, 6.07) is 8.07. The van der Waals surface area contributed by atoms with Crippen LogP contribution < -0.4 is 4.74 Å². The lowest BCUT2D eigenvalue weighted by Crippen LogP contribution is -2.55. The van der Waals surface area contributed by atoms with Crippen molar-refractivity contribution in [2.24, 2.45) is 11.8 Å². The Morgan fingerprint density at radius 2 is 2.25 bits per heavy atom. The molecule has 2 unspecified atom stereocenters. The van der Waals surface area contributed by atoms with Crippen molar-refractivity contribution < 1.29 is 9.84 Å². The van der Waals surface area contributed by atoms with E-state index in [0.29, 0.717) is 0 Å². The van der Waals surface area contributed by atoms with Crippen LogP contribution in [0.3, 0.4) is 0 Å². The van der Waals surface area contributed by atoms with Gasteiger partial charge in [-0.05, 0) is 61.1 Å². The minimum Gasteiger partial charge on any atom is -0.497 e. The monoisotopic (exact) mass is 326 g/mol. The lowest BCUT2D eigenvalue weighted by atomic mass is 9.72. The van der Waals surface area contributed by atoms with Crippen molar-refractivity contribution in [1.82, 2.24) is 9.88 Å². The summed E-state index contributed by atoms with van der Waals surface area (Å²) in [5, 5.41) is 12.2. The summed E-state index contributed by atoms with van der Waals surface area (Å²) in [5.74, 6) is 2.37. The molecule has 2 aromatic rings. The molecule has 3 aliphatic heterocycles. The maximum absolute atomic E-state index is 11.2. The highest BCUT2D eigenvalue weighted by molar-refractivity contribution is 5.83. The average Bonchev–Trinajstić information content (AvgIpc) is 2.66. The molecule has 3 saturated heterocycles. The molecular formula is C20H26N2O2. The summed E-state index contributed by atoms with van der Waals surface area (Å²) in [4.78, 5) is 6.94. The number of hydrogen-bond donors (Lipinski definition) is 1. The summed E-state index contributed by atoms with van der Waals surface area (Å²) in [6.45, 7) is 4.55. The van der Waals surface area contributed by atoms with E-state index < -0.39 is 6.10 Å². The quantitative estimate of drug-likeness (QED) is 0.935.